The van der Waals surface area contributed by atoms with Gasteiger partial charge in [0.05, 0.1) is 7.11 Å². The highest BCUT2D eigenvalue weighted by molar-refractivity contribution is 5.94. The van der Waals surface area contributed by atoms with Crippen molar-refractivity contribution in [2.45, 2.75) is 45.9 Å². The molecule has 0 saturated heterocycles. The quantitative estimate of drug-likeness (QED) is 0.695. The number of amides is 2. The largest absolute Gasteiger partial charge is 0.497 e. The molecule has 0 fully saturated rings. The summed E-state index contributed by atoms with van der Waals surface area (Å²) in [5.74, 6) is 0.970. The lowest BCUT2D eigenvalue weighted by Gasteiger charge is -2.15. The first-order valence-electron chi connectivity index (χ1n) is 9.41. The van der Waals surface area contributed by atoms with Crippen LogP contribution in [0.5, 0.6) is 11.5 Å². The molecular weight excluding hydrogens is 356 g/mol. The number of carbonyl (C=O) groups is 2. The highest BCUT2D eigenvalue weighted by Crippen LogP contribution is 2.18. The van der Waals surface area contributed by atoms with Crippen molar-refractivity contribution in [2.24, 2.45) is 0 Å². The lowest BCUT2D eigenvalue weighted by Crippen LogP contribution is -2.36. The molecule has 0 bridgehead atoms. The summed E-state index contributed by atoms with van der Waals surface area (Å²) in [4.78, 5) is 24.5. The van der Waals surface area contributed by atoms with Gasteiger partial charge in [-0.1, -0.05) is 19.1 Å². The van der Waals surface area contributed by atoms with E-state index in [0.717, 1.165) is 17.7 Å². The Morgan fingerprint density at radius 2 is 1.71 bits per heavy atom. The van der Waals surface area contributed by atoms with Crippen LogP contribution >= 0.6 is 0 Å². The van der Waals surface area contributed by atoms with Gasteiger partial charge in [-0.25, -0.2) is 0 Å². The van der Waals surface area contributed by atoms with E-state index in [4.69, 9.17) is 9.47 Å². The summed E-state index contributed by atoms with van der Waals surface area (Å²) in [5.41, 5.74) is 1.43. The third-order valence-electron chi connectivity index (χ3n) is 4.39. The minimum absolute atomic E-state index is 0.112. The third-order valence-corrected chi connectivity index (χ3v) is 4.39. The molecule has 2 aromatic carbocycles. The zero-order valence-electron chi connectivity index (χ0n) is 16.8. The van der Waals surface area contributed by atoms with E-state index in [1.54, 1.807) is 50.4 Å². The fraction of sp³-hybridized carbons (Fsp3) is 0.364. The van der Waals surface area contributed by atoms with Crippen LogP contribution in [-0.4, -0.2) is 31.1 Å². The fourth-order valence-corrected chi connectivity index (χ4v) is 2.48. The highest BCUT2D eigenvalue weighted by atomic mass is 16.5. The van der Waals surface area contributed by atoms with E-state index in [9.17, 15) is 9.59 Å². The maximum Gasteiger partial charge on any atom is 0.261 e. The average molecular weight is 384 g/mol. The van der Waals surface area contributed by atoms with Crippen molar-refractivity contribution in [1.29, 1.82) is 0 Å². The zero-order chi connectivity index (χ0) is 20.5. The molecule has 0 aromatic heterocycles. The second kappa shape index (κ2) is 10.3. The van der Waals surface area contributed by atoms with E-state index < -0.39 is 6.10 Å². The van der Waals surface area contributed by atoms with Crippen LogP contribution in [0.25, 0.3) is 0 Å². The lowest BCUT2D eigenvalue weighted by atomic mass is 10.1. The Bertz CT molecular complexity index is 789. The molecule has 0 aliphatic heterocycles. The van der Waals surface area contributed by atoms with E-state index in [0.29, 0.717) is 17.9 Å². The van der Waals surface area contributed by atoms with Crippen molar-refractivity contribution in [3.05, 3.63) is 59.7 Å². The molecule has 6 heteroatoms. The van der Waals surface area contributed by atoms with Crippen LogP contribution in [0.2, 0.25) is 0 Å². The molecular formula is C22H28N2O4. The smallest absolute Gasteiger partial charge is 0.261 e. The summed E-state index contributed by atoms with van der Waals surface area (Å²) < 4.78 is 10.8. The fourth-order valence-electron chi connectivity index (χ4n) is 2.48. The second-order valence-corrected chi connectivity index (χ2v) is 6.64. The van der Waals surface area contributed by atoms with Crippen LogP contribution in [0, 0.1) is 0 Å². The molecule has 2 atom stereocenters. The summed E-state index contributed by atoms with van der Waals surface area (Å²) >= 11 is 0. The summed E-state index contributed by atoms with van der Waals surface area (Å²) in [5, 5.41) is 5.78. The molecule has 28 heavy (non-hydrogen) atoms. The highest BCUT2D eigenvalue weighted by Gasteiger charge is 2.15. The van der Waals surface area contributed by atoms with Gasteiger partial charge in [-0.05, 0) is 62.2 Å². The summed E-state index contributed by atoms with van der Waals surface area (Å²) in [6, 6.07) is 14.4. The Morgan fingerprint density at radius 3 is 2.36 bits per heavy atom. The van der Waals surface area contributed by atoms with Crippen LogP contribution in [0.15, 0.2) is 48.5 Å². The zero-order valence-corrected chi connectivity index (χ0v) is 16.8. The molecule has 2 unspecified atom stereocenters. The topological polar surface area (TPSA) is 76.7 Å². The van der Waals surface area contributed by atoms with E-state index in [2.05, 4.69) is 10.6 Å². The Kier molecular flexibility index (Phi) is 7.87. The number of benzene rings is 2. The molecule has 6 nitrogen and oxygen atoms in total. The predicted octanol–water partition coefficient (Wildman–Crippen LogP) is 3.31. The van der Waals surface area contributed by atoms with E-state index in [-0.39, 0.29) is 17.9 Å². The number of hydrogen-bond acceptors (Lipinski definition) is 4. The van der Waals surface area contributed by atoms with Crippen molar-refractivity contribution in [1.82, 2.24) is 10.6 Å². The molecule has 0 heterocycles. The molecule has 0 radical (unpaired) electrons. The number of methoxy groups -OCH3 is 1. The third kappa shape index (κ3) is 6.30. The first kappa shape index (κ1) is 21.3. The van der Waals surface area contributed by atoms with E-state index in [1.165, 1.54) is 0 Å². The first-order chi connectivity index (χ1) is 13.4. The Morgan fingerprint density at radius 1 is 1.04 bits per heavy atom. The first-order valence-corrected chi connectivity index (χ1v) is 9.41. The van der Waals surface area contributed by atoms with Crippen molar-refractivity contribution in [2.75, 3.05) is 7.11 Å². The molecule has 0 spiro atoms. The maximum absolute atomic E-state index is 12.3. The molecule has 2 amide bonds. The van der Waals surface area contributed by atoms with E-state index in [1.807, 2.05) is 26.0 Å². The molecule has 2 aromatic rings. The standard InChI is InChI=1S/C22H28N2O4/c1-5-15(2)24-22(26)18-8-6-7-17(13-18)14-23-21(25)16(3)28-20-11-9-19(27-4)10-12-20/h6-13,15-16H,5,14H2,1-4H3,(H,23,25)(H,24,26). The SMILES string of the molecule is CCC(C)NC(=O)c1cccc(CNC(=O)C(C)Oc2ccc(OC)cc2)c1. The predicted molar refractivity (Wildman–Crippen MR) is 109 cm³/mol. The van der Waals surface area contributed by atoms with Gasteiger partial charge in [-0.2, -0.15) is 0 Å². The molecule has 0 saturated carbocycles. The Hall–Kier alpha value is -3.02. The molecule has 150 valence electrons. The molecule has 0 aliphatic rings. The number of hydrogen-bond donors (Lipinski definition) is 2. The monoisotopic (exact) mass is 384 g/mol. The molecule has 2 rings (SSSR count). The average Bonchev–Trinajstić information content (AvgIpc) is 2.72. The van der Waals surface area contributed by atoms with Gasteiger partial charge >= 0.3 is 0 Å². The Labute approximate surface area is 166 Å². The van der Waals surface area contributed by atoms with Gasteiger partial charge < -0.3 is 20.1 Å². The number of rotatable bonds is 9. The number of nitrogens with one attached hydrogen (secondary N) is 2. The minimum atomic E-state index is -0.648. The molecule has 2 N–H and O–H groups in total. The van der Waals surface area contributed by atoms with Crippen LogP contribution in [-0.2, 0) is 11.3 Å². The minimum Gasteiger partial charge on any atom is -0.497 e. The van der Waals surface area contributed by atoms with Gasteiger partial charge in [-0.3, -0.25) is 9.59 Å². The summed E-state index contributed by atoms with van der Waals surface area (Å²) in [7, 11) is 1.59. The van der Waals surface area contributed by atoms with Crippen molar-refractivity contribution < 1.29 is 19.1 Å². The normalized spacial score (nSPS) is 12.6. The van der Waals surface area contributed by atoms with Gasteiger partial charge in [0.1, 0.15) is 11.5 Å². The van der Waals surface area contributed by atoms with Crippen molar-refractivity contribution >= 4 is 11.8 Å². The number of carbonyl (C=O) groups excluding carboxylic acids is 2. The van der Waals surface area contributed by atoms with Gasteiger partial charge in [0, 0.05) is 18.2 Å². The van der Waals surface area contributed by atoms with Gasteiger partial charge in [0.2, 0.25) is 0 Å². The molecule has 0 aliphatic carbocycles. The summed E-state index contributed by atoms with van der Waals surface area (Å²) in [6.07, 6.45) is 0.221. The number of ether oxygens (including phenoxy) is 2. The van der Waals surface area contributed by atoms with Gasteiger partial charge in [-0.15, -0.1) is 0 Å². The van der Waals surface area contributed by atoms with Crippen LogP contribution in [0.3, 0.4) is 0 Å². The van der Waals surface area contributed by atoms with E-state index >= 15 is 0 Å². The van der Waals surface area contributed by atoms with Crippen molar-refractivity contribution in [3.63, 3.8) is 0 Å². The Balaban J connectivity index is 1.89. The van der Waals surface area contributed by atoms with Crippen LogP contribution in [0.1, 0.15) is 43.1 Å². The van der Waals surface area contributed by atoms with Crippen LogP contribution in [0.4, 0.5) is 0 Å². The van der Waals surface area contributed by atoms with Crippen LogP contribution < -0.4 is 20.1 Å². The second-order valence-electron chi connectivity index (χ2n) is 6.64. The maximum atomic E-state index is 12.3. The van der Waals surface area contributed by atoms with Gasteiger partial charge in [0.25, 0.3) is 11.8 Å². The summed E-state index contributed by atoms with van der Waals surface area (Å²) in [6.45, 7) is 5.99. The van der Waals surface area contributed by atoms with Crippen molar-refractivity contribution in [3.8, 4) is 11.5 Å². The lowest BCUT2D eigenvalue weighted by molar-refractivity contribution is -0.127. The van der Waals surface area contributed by atoms with Gasteiger partial charge in [0.15, 0.2) is 6.10 Å².